The highest BCUT2D eigenvalue weighted by atomic mass is 32.3. The lowest BCUT2D eigenvalue weighted by Crippen LogP contribution is -2.21. The van der Waals surface area contributed by atoms with Crippen molar-refractivity contribution in [2.45, 2.75) is 0 Å². The molecule has 0 fully saturated rings. The number of rotatable bonds is 7. The van der Waals surface area contributed by atoms with E-state index >= 15 is 0 Å². The van der Waals surface area contributed by atoms with Crippen molar-refractivity contribution in [1.82, 2.24) is 5.32 Å². The van der Waals surface area contributed by atoms with Crippen molar-refractivity contribution in [3.05, 3.63) is 12.7 Å². The SMILES string of the molecule is C=CCOS(=O)(=O)O.OCCNCCO. The molecule has 0 amide bonds. The van der Waals surface area contributed by atoms with Gasteiger partial charge in [0, 0.05) is 13.1 Å². The zero-order chi connectivity index (χ0) is 12.2. The largest absolute Gasteiger partial charge is 0.397 e. The Hall–Kier alpha value is -0.510. The average molecular weight is 243 g/mol. The number of nitrogens with one attached hydrogen (secondary N) is 1. The molecule has 0 saturated heterocycles. The molecular weight excluding hydrogens is 226 g/mol. The van der Waals surface area contributed by atoms with E-state index in [1.807, 2.05) is 0 Å². The van der Waals surface area contributed by atoms with E-state index in [0.717, 1.165) is 0 Å². The molecule has 92 valence electrons. The Morgan fingerprint density at radius 1 is 1.27 bits per heavy atom. The summed E-state index contributed by atoms with van der Waals surface area (Å²) in [5, 5.41) is 19.1. The highest BCUT2D eigenvalue weighted by Gasteiger charge is 1.99. The normalized spacial score (nSPS) is 10.3. The van der Waals surface area contributed by atoms with E-state index in [1.165, 1.54) is 6.08 Å². The van der Waals surface area contributed by atoms with Gasteiger partial charge in [-0.15, -0.1) is 6.58 Å². The van der Waals surface area contributed by atoms with Crippen LogP contribution in [0, 0.1) is 0 Å². The van der Waals surface area contributed by atoms with Gasteiger partial charge in [-0.05, 0) is 0 Å². The molecule has 0 bridgehead atoms. The number of hydrogen-bond donors (Lipinski definition) is 4. The standard InChI is InChI=1S/C4H11NO2.C3H6O4S/c6-3-1-5-2-4-7;1-2-3-7-8(4,5)6/h5-7H,1-4H2;2H,1,3H2,(H,4,5,6). The Kier molecular flexibility index (Phi) is 13.0. The first-order valence-electron chi connectivity index (χ1n) is 4.13. The van der Waals surface area contributed by atoms with Crippen LogP contribution in [0.2, 0.25) is 0 Å². The average Bonchev–Trinajstić information content (AvgIpc) is 2.16. The molecule has 15 heavy (non-hydrogen) atoms. The highest BCUT2D eigenvalue weighted by Crippen LogP contribution is 1.83. The van der Waals surface area contributed by atoms with E-state index in [1.54, 1.807) is 0 Å². The maximum atomic E-state index is 9.68. The maximum Gasteiger partial charge on any atom is 0.397 e. The van der Waals surface area contributed by atoms with Crippen molar-refractivity contribution in [3.8, 4) is 0 Å². The van der Waals surface area contributed by atoms with Crippen molar-refractivity contribution < 1.29 is 27.4 Å². The molecule has 0 aromatic rings. The third-order valence-corrected chi connectivity index (χ3v) is 1.35. The molecular formula is C7H17NO6S. The predicted octanol–water partition coefficient (Wildman–Crippen LogP) is -1.45. The van der Waals surface area contributed by atoms with Crippen LogP contribution in [0.15, 0.2) is 12.7 Å². The number of aliphatic hydroxyl groups excluding tert-OH is 2. The summed E-state index contributed by atoms with van der Waals surface area (Å²) in [6.45, 7) is 4.39. The Balaban J connectivity index is 0. The molecule has 0 radical (unpaired) electrons. The Bertz CT molecular complexity index is 224. The first-order valence-corrected chi connectivity index (χ1v) is 5.49. The van der Waals surface area contributed by atoms with Crippen LogP contribution in [0.5, 0.6) is 0 Å². The van der Waals surface area contributed by atoms with E-state index in [-0.39, 0.29) is 19.8 Å². The fraction of sp³-hybridized carbons (Fsp3) is 0.714. The minimum Gasteiger partial charge on any atom is -0.395 e. The molecule has 7 nitrogen and oxygen atoms in total. The lowest BCUT2D eigenvalue weighted by Gasteiger charge is -1.94. The van der Waals surface area contributed by atoms with Gasteiger partial charge >= 0.3 is 10.4 Å². The molecule has 4 N–H and O–H groups in total. The van der Waals surface area contributed by atoms with Gasteiger partial charge in [-0.1, -0.05) is 6.08 Å². The minimum absolute atomic E-state index is 0.139. The Morgan fingerprint density at radius 2 is 1.73 bits per heavy atom. The third-order valence-electron chi connectivity index (χ3n) is 0.912. The lowest BCUT2D eigenvalue weighted by molar-refractivity contribution is 0.266. The second-order valence-corrected chi connectivity index (χ2v) is 3.29. The van der Waals surface area contributed by atoms with Gasteiger partial charge in [0.05, 0.1) is 19.8 Å². The molecule has 0 aliphatic carbocycles. The summed E-state index contributed by atoms with van der Waals surface area (Å²) in [7, 11) is -4.26. The smallest absolute Gasteiger partial charge is 0.395 e. The molecule has 0 heterocycles. The molecule has 0 unspecified atom stereocenters. The van der Waals surface area contributed by atoms with Gasteiger partial charge in [0.2, 0.25) is 0 Å². The molecule has 0 atom stereocenters. The fourth-order valence-electron chi connectivity index (χ4n) is 0.417. The van der Waals surface area contributed by atoms with Gasteiger partial charge in [0.1, 0.15) is 0 Å². The molecule has 0 spiro atoms. The van der Waals surface area contributed by atoms with Crippen LogP contribution in [0.25, 0.3) is 0 Å². The van der Waals surface area contributed by atoms with E-state index < -0.39 is 10.4 Å². The topological polar surface area (TPSA) is 116 Å². The van der Waals surface area contributed by atoms with Crippen LogP contribution in [-0.2, 0) is 14.6 Å². The Labute approximate surface area is 89.3 Å². The van der Waals surface area contributed by atoms with E-state index in [2.05, 4.69) is 16.1 Å². The van der Waals surface area contributed by atoms with E-state index in [0.29, 0.717) is 13.1 Å². The van der Waals surface area contributed by atoms with Crippen molar-refractivity contribution in [1.29, 1.82) is 0 Å². The predicted molar refractivity (Wildman–Crippen MR) is 54.7 cm³/mol. The van der Waals surface area contributed by atoms with Crippen LogP contribution >= 0.6 is 0 Å². The van der Waals surface area contributed by atoms with Gasteiger partial charge in [0.15, 0.2) is 0 Å². The van der Waals surface area contributed by atoms with Crippen LogP contribution < -0.4 is 5.32 Å². The van der Waals surface area contributed by atoms with Gasteiger partial charge in [-0.3, -0.25) is 4.55 Å². The van der Waals surface area contributed by atoms with Gasteiger partial charge in [0.25, 0.3) is 0 Å². The van der Waals surface area contributed by atoms with E-state index in [9.17, 15) is 8.42 Å². The second kappa shape index (κ2) is 11.6. The summed E-state index contributed by atoms with van der Waals surface area (Å²) >= 11 is 0. The summed E-state index contributed by atoms with van der Waals surface area (Å²) < 4.78 is 31.0. The quantitative estimate of drug-likeness (QED) is 0.245. The molecule has 0 aromatic carbocycles. The first-order chi connectivity index (χ1) is 6.97. The van der Waals surface area contributed by atoms with Gasteiger partial charge in [-0.25, -0.2) is 4.18 Å². The fourth-order valence-corrected chi connectivity index (χ4v) is 0.685. The monoisotopic (exact) mass is 243 g/mol. The van der Waals surface area contributed by atoms with Gasteiger partial charge < -0.3 is 15.5 Å². The second-order valence-electron chi connectivity index (χ2n) is 2.20. The lowest BCUT2D eigenvalue weighted by atomic mass is 10.6. The molecule has 0 rings (SSSR count). The van der Waals surface area contributed by atoms with Crippen LogP contribution in [0.1, 0.15) is 0 Å². The summed E-state index contributed by atoms with van der Waals surface area (Å²) in [4.78, 5) is 0. The van der Waals surface area contributed by atoms with Crippen molar-refractivity contribution in [2.24, 2.45) is 0 Å². The third kappa shape index (κ3) is 24.7. The number of hydrogen-bond acceptors (Lipinski definition) is 6. The van der Waals surface area contributed by atoms with Crippen molar-refractivity contribution in [3.63, 3.8) is 0 Å². The van der Waals surface area contributed by atoms with Crippen molar-refractivity contribution in [2.75, 3.05) is 32.9 Å². The van der Waals surface area contributed by atoms with Gasteiger partial charge in [-0.2, -0.15) is 8.42 Å². The zero-order valence-electron chi connectivity index (χ0n) is 8.29. The summed E-state index contributed by atoms with van der Waals surface area (Å²) in [6, 6.07) is 0. The van der Waals surface area contributed by atoms with E-state index in [4.69, 9.17) is 14.8 Å². The van der Waals surface area contributed by atoms with Crippen LogP contribution in [-0.4, -0.2) is 56.1 Å². The summed E-state index contributed by atoms with van der Waals surface area (Å²) in [6.07, 6.45) is 1.22. The maximum absolute atomic E-state index is 9.68. The Morgan fingerprint density at radius 3 is 1.93 bits per heavy atom. The highest BCUT2D eigenvalue weighted by molar-refractivity contribution is 7.80. The number of aliphatic hydroxyl groups is 2. The molecule has 8 heteroatoms. The first kappa shape index (κ1) is 16.9. The summed E-state index contributed by atoms with van der Waals surface area (Å²) in [5.41, 5.74) is 0. The molecule has 0 aliphatic heterocycles. The molecule has 0 aliphatic rings. The van der Waals surface area contributed by atoms with Crippen LogP contribution in [0.3, 0.4) is 0 Å². The van der Waals surface area contributed by atoms with Crippen molar-refractivity contribution >= 4 is 10.4 Å². The molecule has 0 aromatic heterocycles. The zero-order valence-corrected chi connectivity index (χ0v) is 9.11. The minimum atomic E-state index is -4.26. The molecule has 0 saturated carbocycles. The summed E-state index contributed by atoms with van der Waals surface area (Å²) in [5.74, 6) is 0. The van der Waals surface area contributed by atoms with Crippen LogP contribution in [0.4, 0.5) is 0 Å².